The predicted molar refractivity (Wildman–Crippen MR) is 66.9 cm³/mol. The molecule has 2 unspecified atom stereocenters. The van der Waals surface area contributed by atoms with Gasteiger partial charge in [0.2, 0.25) is 0 Å². The largest absolute Gasteiger partial charge is 0.468 e. The van der Waals surface area contributed by atoms with Crippen LogP contribution in [-0.4, -0.2) is 41.9 Å². The first-order chi connectivity index (χ1) is 7.61. The average molecular weight is 249 g/mol. The summed E-state index contributed by atoms with van der Waals surface area (Å²) in [5.74, 6) is 0.473. The highest BCUT2D eigenvalue weighted by Gasteiger charge is 2.17. The number of ether oxygens (including phenoxy) is 1. The zero-order valence-corrected chi connectivity index (χ0v) is 11.3. The van der Waals surface area contributed by atoms with Crippen molar-refractivity contribution in [2.45, 2.75) is 38.6 Å². The fourth-order valence-corrected chi connectivity index (χ4v) is 1.96. The van der Waals surface area contributed by atoms with Gasteiger partial charge in [-0.1, -0.05) is 19.8 Å². The second-order valence-corrected chi connectivity index (χ2v) is 5.36. The van der Waals surface area contributed by atoms with Crippen LogP contribution in [0.25, 0.3) is 0 Å². The van der Waals surface area contributed by atoms with Crippen molar-refractivity contribution < 1.29 is 13.7 Å². The van der Waals surface area contributed by atoms with Gasteiger partial charge in [-0.2, -0.15) is 0 Å². The van der Waals surface area contributed by atoms with Crippen LogP contribution in [-0.2, 0) is 20.3 Å². The van der Waals surface area contributed by atoms with E-state index in [0.717, 1.165) is 25.7 Å². The Hall–Kier alpha value is -0.420. The van der Waals surface area contributed by atoms with Crippen LogP contribution in [0, 0.1) is 0 Å². The van der Waals surface area contributed by atoms with Crippen molar-refractivity contribution >= 4 is 16.8 Å². The maximum Gasteiger partial charge on any atom is 0.322 e. The smallest absolute Gasteiger partial charge is 0.322 e. The third-order valence-corrected chi connectivity index (χ3v) is 3.19. The molecule has 0 heterocycles. The van der Waals surface area contributed by atoms with E-state index in [1.54, 1.807) is 6.26 Å². The van der Waals surface area contributed by atoms with E-state index >= 15 is 0 Å². The standard InChI is InChI=1S/C11H23NO3S/c1-4-5-7-10(11(13)15-2)12-8-6-9-16(3)14/h10,12H,4-9H2,1-3H3. The van der Waals surface area contributed by atoms with Crippen molar-refractivity contribution in [2.75, 3.05) is 25.7 Å². The first kappa shape index (κ1) is 15.6. The lowest BCUT2D eigenvalue weighted by Gasteiger charge is -2.15. The van der Waals surface area contributed by atoms with Gasteiger partial charge in [-0.3, -0.25) is 9.00 Å². The molecule has 0 amide bonds. The normalized spacial score (nSPS) is 14.4. The molecule has 0 rings (SSSR count). The first-order valence-electron chi connectivity index (χ1n) is 5.73. The number of methoxy groups -OCH3 is 1. The molecule has 96 valence electrons. The molecule has 0 spiro atoms. The Bertz CT molecular complexity index is 221. The van der Waals surface area contributed by atoms with Crippen LogP contribution in [0.3, 0.4) is 0 Å². The van der Waals surface area contributed by atoms with E-state index in [0.29, 0.717) is 12.3 Å². The summed E-state index contributed by atoms with van der Waals surface area (Å²) in [6.07, 6.45) is 5.39. The zero-order chi connectivity index (χ0) is 12.4. The van der Waals surface area contributed by atoms with E-state index in [-0.39, 0.29) is 12.0 Å². The van der Waals surface area contributed by atoms with Crippen LogP contribution in [0.2, 0.25) is 0 Å². The summed E-state index contributed by atoms with van der Waals surface area (Å²) < 4.78 is 15.6. The van der Waals surface area contributed by atoms with Gasteiger partial charge in [-0.25, -0.2) is 0 Å². The number of carbonyl (C=O) groups excluding carboxylic acids is 1. The van der Waals surface area contributed by atoms with Gasteiger partial charge in [-0.05, 0) is 19.4 Å². The molecule has 1 N–H and O–H groups in total. The summed E-state index contributed by atoms with van der Waals surface area (Å²) in [7, 11) is 0.653. The topological polar surface area (TPSA) is 55.4 Å². The Kier molecular flexibility index (Phi) is 9.52. The number of carbonyl (C=O) groups is 1. The van der Waals surface area contributed by atoms with Crippen LogP contribution >= 0.6 is 0 Å². The summed E-state index contributed by atoms with van der Waals surface area (Å²) in [4.78, 5) is 11.4. The van der Waals surface area contributed by atoms with Gasteiger partial charge in [-0.15, -0.1) is 0 Å². The Morgan fingerprint density at radius 1 is 1.44 bits per heavy atom. The Labute approximate surface area is 101 Å². The van der Waals surface area contributed by atoms with Crippen molar-refractivity contribution in [3.8, 4) is 0 Å². The summed E-state index contributed by atoms with van der Waals surface area (Å²) >= 11 is 0. The van der Waals surface area contributed by atoms with Crippen molar-refractivity contribution in [3.05, 3.63) is 0 Å². The molecule has 0 saturated carbocycles. The Balaban J connectivity index is 3.82. The third kappa shape index (κ3) is 7.82. The molecule has 5 heteroatoms. The van der Waals surface area contributed by atoms with E-state index in [1.165, 1.54) is 7.11 Å². The Morgan fingerprint density at radius 2 is 2.12 bits per heavy atom. The van der Waals surface area contributed by atoms with Gasteiger partial charge in [0.25, 0.3) is 0 Å². The highest BCUT2D eigenvalue weighted by Crippen LogP contribution is 2.02. The number of esters is 1. The molecule has 0 aliphatic rings. The van der Waals surface area contributed by atoms with Crippen molar-refractivity contribution in [2.24, 2.45) is 0 Å². The van der Waals surface area contributed by atoms with E-state index < -0.39 is 10.8 Å². The fourth-order valence-electron chi connectivity index (χ4n) is 1.41. The number of hydrogen-bond acceptors (Lipinski definition) is 4. The predicted octanol–water partition coefficient (Wildman–Crippen LogP) is 1.08. The van der Waals surface area contributed by atoms with E-state index in [4.69, 9.17) is 4.74 Å². The van der Waals surface area contributed by atoms with Crippen LogP contribution in [0.5, 0.6) is 0 Å². The summed E-state index contributed by atoms with van der Waals surface area (Å²) in [5, 5.41) is 3.15. The molecule has 0 aliphatic carbocycles. The second kappa shape index (κ2) is 9.78. The lowest BCUT2D eigenvalue weighted by atomic mass is 10.1. The number of nitrogens with one attached hydrogen (secondary N) is 1. The summed E-state index contributed by atoms with van der Waals surface area (Å²) in [6, 6.07) is -0.213. The molecule has 0 saturated heterocycles. The second-order valence-electron chi connectivity index (χ2n) is 3.80. The number of rotatable bonds is 9. The van der Waals surface area contributed by atoms with Gasteiger partial charge in [0.1, 0.15) is 6.04 Å². The van der Waals surface area contributed by atoms with E-state index in [1.807, 2.05) is 0 Å². The average Bonchev–Trinajstić information content (AvgIpc) is 2.26. The van der Waals surface area contributed by atoms with Crippen molar-refractivity contribution in [1.82, 2.24) is 5.32 Å². The molecule has 0 fully saturated rings. The zero-order valence-electron chi connectivity index (χ0n) is 10.5. The number of unbranched alkanes of at least 4 members (excludes halogenated alkanes) is 1. The maximum absolute atomic E-state index is 11.4. The van der Waals surface area contributed by atoms with Crippen molar-refractivity contribution in [1.29, 1.82) is 0 Å². The van der Waals surface area contributed by atoms with E-state index in [9.17, 15) is 9.00 Å². The van der Waals surface area contributed by atoms with Gasteiger partial charge in [0.05, 0.1) is 7.11 Å². The molecule has 4 nitrogen and oxygen atoms in total. The molecular weight excluding hydrogens is 226 g/mol. The third-order valence-electron chi connectivity index (χ3n) is 2.33. The lowest BCUT2D eigenvalue weighted by Crippen LogP contribution is -2.38. The molecule has 0 radical (unpaired) electrons. The highest BCUT2D eigenvalue weighted by molar-refractivity contribution is 7.84. The van der Waals surface area contributed by atoms with Gasteiger partial charge < -0.3 is 10.1 Å². The molecular formula is C11H23NO3S. The number of hydrogen-bond donors (Lipinski definition) is 1. The first-order valence-corrected chi connectivity index (χ1v) is 7.45. The minimum atomic E-state index is -0.754. The molecule has 0 bridgehead atoms. The maximum atomic E-state index is 11.4. The molecule has 0 aliphatic heterocycles. The fraction of sp³-hybridized carbons (Fsp3) is 0.909. The van der Waals surface area contributed by atoms with Crippen LogP contribution in [0.15, 0.2) is 0 Å². The van der Waals surface area contributed by atoms with Crippen LogP contribution in [0.4, 0.5) is 0 Å². The van der Waals surface area contributed by atoms with Gasteiger partial charge in [0, 0.05) is 22.8 Å². The molecule has 16 heavy (non-hydrogen) atoms. The molecule has 0 aromatic carbocycles. The SMILES string of the molecule is CCCCC(NCCCS(C)=O)C(=O)OC. The quantitative estimate of drug-likeness (QED) is 0.491. The summed E-state index contributed by atoms with van der Waals surface area (Å²) in [6.45, 7) is 2.80. The van der Waals surface area contributed by atoms with Gasteiger partial charge >= 0.3 is 5.97 Å². The monoisotopic (exact) mass is 249 g/mol. The lowest BCUT2D eigenvalue weighted by molar-refractivity contribution is -0.143. The van der Waals surface area contributed by atoms with E-state index in [2.05, 4.69) is 12.2 Å². The molecule has 2 atom stereocenters. The molecule has 0 aromatic rings. The minimum Gasteiger partial charge on any atom is -0.468 e. The molecule has 0 aromatic heterocycles. The van der Waals surface area contributed by atoms with Crippen LogP contribution in [0.1, 0.15) is 32.6 Å². The van der Waals surface area contributed by atoms with Gasteiger partial charge in [0.15, 0.2) is 0 Å². The Morgan fingerprint density at radius 3 is 2.62 bits per heavy atom. The van der Waals surface area contributed by atoms with Crippen molar-refractivity contribution in [3.63, 3.8) is 0 Å². The minimum absolute atomic E-state index is 0.203. The highest BCUT2D eigenvalue weighted by atomic mass is 32.2. The summed E-state index contributed by atoms with van der Waals surface area (Å²) in [5.41, 5.74) is 0. The van der Waals surface area contributed by atoms with Crippen LogP contribution < -0.4 is 5.32 Å².